The predicted molar refractivity (Wildman–Crippen MR) is 77.5 cm³/mol. The molecule has 0 unspecified atom stereocenters. The smallest absolute Gasteiger partial charge is 0.159 e. The molecule has 1 aromatic carbocycles. The highest BCUT2D eigenvalue weighted by atomic mass is 16.5. The number of allylic oxidation sites excluding steroid dienone is 2. The molecule has 1 heterocycles. The lowest BCUT2D eigenvalue weighted by Gasteiger charge is -2.24. The lowest BCUT2D eigenvalue weighted by molar-refractivity contribution is -0.113. The number of Topliss-reactive ketones (excluding diaryl/α,β-unsaturated/α-hetero) is 1. The Bertz CT molecular complexity index is 538. The Balaban J connectivity index is 2.45. The van der Waals surface area contributed by atoms with E-state index in [1.807, 2.05) is 0 Å². The van der Waals surface area contributed by atoms with Crippen LogP contribution in [0.5, 0.6) is 5.75 Å². The first-order valence-corrected chi connectivity index (χ1v) is 7.10. The van der Waals surface area contributed by atoms with Gasteiger partial charge >= 0.3 is 0 Å². The summed E-state index contributed by atoms with van der Waals surface area (Å²) in [5.41, 5.74) is 4.48. The largest absolute Gasteiger partial charge is 0.461 e. The summed E-state index contributed by atoms with van der Waals surface area (Å²) in [5, 5.41) is 0. The van der Waals surface area contributed by atoms with E-state index >= 15 is 0 Å². The predicted octanol–water partition coefficient (Wildman–Crippen LogP) is 4.14. The molecule has 0 atom stereocenters. The first-order valence-electron chi connectivity index (χ1n) is 7.10. The summed E-state index contributed by atoms with van der Waals surface area (Å²) in [5.74, 6) is 1.97. The monoisotopic (exact) mass is 258 g/mol. The molecule has 0 saturated heterocycles. The molecular formula is C17H22O2. The van der Waals surface area contributed by atoms with Crippen molar-refractivity contribution in [3.63, 3.8) is 0 Å². The molecule has 0 radical (unpaired) electrons. The minimum atomic E-state index is 0.133. The van der Waals surface area contributed by atoms with Crippen LogP contribution in [-0.2, 0) is 17.6 Å². The minimum absolute atomic E-state index is 0.133. The van der Waals surface area contributed by atoms with Gasteiger partial charge in [-0.25, -0.2) is 0 Å². The third kappa shape index (κ3) is 2.73. The van der Waals surface area contributed by atoms with E-state index in [9.17, 15) is 4.79 Å². The molecule has 0 bridgehead atoms. The number of ketones is 1. The van der Waals surface area contributed by atoms with Gasteiger partial charge in [0.25, 0.3) is 0 Å². The summed E-state index contributed by atoms with van der Waals surface area (Å²) in [6.45, 7) is 7.97. The van der Waals surface area contributed by atoms with E-state index in [1.165, 1.54) is 11.1 Å². The van der Waals surface area contributed by atoms with E-state index < -0.39 is 0 Å². The summed E-state index contributed by atoms with van der Waals surface area (Å²) in [6.07, 6.45) is 3.56. The first-order chi connectivity index (χ1) is 9.06. The molecule has 2 rings (SSSR count). The Labute approximate surface area is 115 Å². The fourth-order valence-electron chi connectivity index (χ4n) is 2.63. The molecule has 0 aliphatic carbocycles. The third-order valence-electron chi connectivity index (χ3n) is 3.65. The van der Waals surface area contributed by atoms with Gasteiger partial charge in [0.2, 0.25) is 0 Å². The van der Waals surface area contributed by atoms with Gasteiger partial charge in [-0.3, -0.25) is 4.79 Å². The summed E-state index contributed by atoms with van der Waals surface area (Å²) in [7, 11) is 0. The van der Waals surface area contributed by atoms with Crippen molar-refractivity contribution >= 4 is 5.78 Å². The number of rotatable bonds is 4. The van der Waals surface area contributed by atoms with Crippen molar-refractivity contribution in [2.45, 2.75) is 53.4 Å². The van der Waals surface area contributed by atoms with Gasteiger partial charge in [-0.1, -0.05) is 26.0 Å². The Morgan fingerprint density at radius 1 is 1.32 bits per heavy atom. The lowest BCUT2D eigenvalue weighted by atomic mass is 9.92. The van der Waals surface area contributed by atoms with Gasteiger partial charge in [-0.05, 0) is 43.4 Å². The third-order valence-corrected chi connectivity index (χ3v) is 3.65. The Morgan fingerprint density at radius 2 is 2.05 bits per heavy atom. The van der Waals surface area contributed by atoms with E-state index in [1.54, 1.807) is 6.92 Å². The number of carbonyl (C=O) groups excluding carboxylic acids is 1. The lowest BCUT2D eigenvalue weighted by Crippen LogP contribution is -2.16. The minimum Gasteiger partial charge on any atom is -0.461 e. The number of ether oxygens (including phenoxy) is 1. The van der Waals surface area contributed by atoms with Crippen LogP contribution >= 0.6 is 0 Å². The van der Waals surface area contributed by atoms with Crippen molar-refractivity contribution in [2.75, 3.05) is 0 Å². The van der Waals surface area contributed by atoms with Crippen LogP contribution in [0.3, 0.4) is 0 Å². The molecule has 2 nitrogen and oxygen atoms in total. The van der Waals surface area contributed by atoms with Crippen molar-refractivity contribution in [1.82, 2.24) is 0 Å². The fourth-order valence-corrected chi connectivity index (χ4v) is 2.63. The summed E-state index contributed by atoms with van der Waals surface area (Å²) in [4.78, 5) is 11.8. The molecule has 19 heavy (non-hydrogen) atoms. The van der Waals surface area contributed by atoms with E-state index in [0.29, 0.717) is 6.42 Å². The maximum Gasteiger partial charge on any atom is 0.159 e. The molecule has 0 N–H and O–H groups in total. The van der Waals surface area contributed by atoms with Gasteiger partial charge in [0, 0.05) is 18.4 Å². The SMILES string of the molecule is CCCC1=C(C(C)=O)Cc2cc(CC)cc(C)c2O1. The van der Waals surface area contributed by atoms with Crippen molar-refractivity contribution in [2.24, 2.45) is 0 Å². The van der Waals surface area contributed by atoms with Crippen molar-refractivity contribution < 1.29 is 9.53 Å². The molecule has 0 saturated carbocycles. The van der Waals surface area contributed by atoms with Crippen LogP contribution in [0.15, 0.2) is 23.5 Å². The average molecular weight is 258 g/mol. The average Bonchev–Trinajstić information content (AvgIpc) is 2.38. The second kappa shape index (κ2) is 5.60. The van der Waals surface area contributed by atoms with Crippen LogP contribution in [0, 0.1) is 6.92 Å². The molecule has 0 fully saturated rings. The van der Waals surface area contributed by atoms with Crippen molar-refractivity contribution in [1.29, 1.82) is 0 Å². The highest BCUT2D eigenvalue weighted by molar-refractivity contribution is 5.94. The van der Waals surface area contributed by atoms with E-state index in [2.05, 4.69) is 32.9 Å². The molecule has 0 amide bonds. The molecule has 1 aromatic rings. The van der Waals surface area contributed by atoms with Crippen molar-refractivity contribution in [3.05, 3.63) is 40.2 Å². The zero-order valence-electron chi connectivity index (χ0n) is 12.3. The Morgan fingerprint density at radius 3 is 2.63 bits per heavy atom. The second-order valence-electron chi connectivity index (χ2n) is 5.24. The maximum absolute atomic E-state index is 11.8. The van der Waals surface area contributed by atoms with Gasteiger partial charge in [0.1, 0.15) is 11.5 Å². The summed E-state index contributed by atoms with van der Waals surface area (Å²) >= 11 is 0. The first kappa shape index (κ1) is 13.9. The summed E-state index contributed by atoms with van der Waals surface area (Å²) in [6, 6.07) is 4.36. The Kier molecular flexibility index (Phi) is 4.08. The van der Waals surface area contributed by atoms with Gasteiger partial charge < -0.3 is 4.74 Å². The van der Waals surface area contributed by atoms with Gasteiger partial charge in [-0.2, -0.15) is 0 Å². The normalized spacial score (nSPS) is 14.1. The fraction of sp³-hybridized carbons (Fsp3) is 0.471. The molecule has 102 valence electrons. The Hall–Kier alpha value is -1.57. The van der Waals surface area contributed by atoms with E-state index in [-0.39, 0.29) is 5.78 Å². The zero-order valence-corrected chi connectivity index (χ0v) is 12.3. The maximum atomic E-state index is 11.8. The second-order valence-corrected chi connectivity index (χ2v) is 5.24. The molecule has 2 heteroatoms. The van der Waals surface area contributed by atoms with Crippen LogP contribution in [0.2, 0.25) is 0 Å². The number of carbonyl (C=O) groups is 1. The standard InChI is InChI=1S/C17H22O2/c1-5-7-16-15(12(4)18)10-14-9-13(6-2)8-11(3)17(14)19-16/h8-9H,5-7,10H2,1-4H3. The van der Waals surface area contributed by atoms with E-state index in [0.717, 1.165) is 41.9 Å². The number of hydrogen-bond acceptors (Lipinski definition) is 2. The molecule has 1 aliphatic heterocycles. The van der Waals surface area contributed by atoms with Crippen LogP contribution in [0.4, 0.5) is 0 Å². The van der Waals surface area contributed by atoms with Gasteiger partial charge in [0.15, 0.2) is 5.78 Å². The van der Waals surface area contributed by atoms with Crippen molar-refractivity contribution in [3.8, 4) is 5.75 Å². The molecule has 1 aliphatic rings. The summed E-state index contributed by atoms with van der Waals surface area (Å²) < 4.78 is 6.04. The topological polar surface area (TPSA) is 26.3 Å². The van der Waals surface area contributed by atoms with E-state index in [4.69, 9.17) is 4.74 Å². The van der Waals surface area contributed by atoms with Crippen LogP contribution in [0.25, 0.3) is 0 Å². The number of fused-ring (bicyclic) bond motifs is 1. The highest BCUT2D eigenvalue weighted by Crippen LogP contribution is 2.35. The van der Waals surface area contributed by atoms with Crippen LogP contribution in [-0.4, -0.2) is 5.78 Å². The van der Waals surface area contributed by atoms with Gasteiger partial charge in [-0.15, -0.1) is 0 Å². The quantitative estimate of drug-likeness (QED) is 0.811. The highest BCUT2D eigenvalue weighted by Gasteiger charge is 2.23. The van der Waals surface area contributed by atoms with Gasteiger partial charge in [0.05, 0.1) is 0 Å². The molecule has 0 aromatic heterocycles. The van der Waals surface area contributed by atoms with Crippen LogP contribution in [0.1, 0.15) is 50.3 Å². The number of hydrogen-bond donors (Lipinski definition) is 0. The number of benzene rings is 1. The molecular weight excluding hydrogens is 236 g/mol. The zero-order chi connectivity index (χ0) is 14.0. The number of aryl methyl sites for hydroxylation is 2. The van der Waals surface area contributed by atoms with Crippen LogP contribution < -0.4 is 4.74 Å². The molecule has 0 spiro atoms.